The van der Waals surface area contributed by atoms with Crippen LogP contribution in [0.2, 0.25) is 0 Å². The van der Waals surface area contributed by atoms with Crippen molar-refractivity contribution in [1.29, 1.82) is 0 Å². The number of nitrogens with one attached hydrogen (secondary N) is 2. The molecule has 0 aliphatic rings. The third-order valence-corrected chi connectivity index (χ3v) is 3.97. The van der Waals surface area contributed by atoms with E-state index in [0.29, 0.717) is 35.2 Å². The van der Waals surface area contributed by atoms with Crippen LogP contribution in [0.4, 0.5) is 11.4 Å². The van der Waals surface area contributed by atoms with Crippen LogP contribution < -0.4 is 15.4 Å². The number of anilines is 2. The van der Waals surface area contributed by atoms with Crippen molar-refractivity contribution in [2.75, 3.05) is 17.2 Å². The molecule has 5 heteroatoms. The van der Waals surface area contributed by atoms with E-state index in [-0.39, 0.29) is 17.7 Å². The van der Waals surface area contributed by atoms with Gasteiger partial charge < -0.3 is 15.4 Å². The van der Waals surface area contributed by atoms with E-state index in [1.54, 1.807) is 42.5 Å². The zero-order chi connectivity index (χ0) is 19.8. The minimum atomic E-state index is -0.225. The normalized spacial score (nSPS) is 10.7. The molecule has 0 fully saturated rings. The molecule has 0 aliphatic heterocycles. The molecule has 0 radical (unpaired) electrons. The van der Waals surface area contributed by atoms with Gasteiger partial charge in [-0.2, -0.15) is 0 Å². The lowest BCUT2D eigenvalue weighted by molar-refractivity contribution is -0.118. The molecule has 2 N–H and O–H groups in total. The zero-order valence-corrected chi connectivity index (χ0v) is 16.4. The maximum Gasteiger partial charge on any atom is 0.255 e. The van der Waals surface area contributed by atoms with Crippen LogP contribution in [0.15, 0.2) is 48.5 Å². The maximum absolute atomic E-state index is 12.5. The van der Waals surface area contributed by atoms with Crippen LogP contribution in [-0.2, 0) is 4.79 Å². The summed E-state index contributed by atoms with van der Waals surface area (Å²) in [6.07, 6.45) is 0.964. The number of hydrogen-bond donors (Lipinski definition) is 2. The number of amides is 2. The first-order valence-corrected chi connectivity index (χ1v) is 9.30. The Labute approximate surface area is 161 Å². The Balaban J connectivity index is 2.01. The summed E-state index contributed by atoms with van der Waals surface area (Å²) in [6.45, 7) is 8.57. The molecule has 2 aromatic carbocycles. The van der Waals surface area contributed by atoms with E-state index in [1.165, 1.54) is 0 Å². The summed E-state index contributed by atoms with van der Waals surface area (Å²) in [5, 5.41) is 5.68. The van der Waals surface area contributed by atoms with Gasteiger partial charge in [-0.05, 0) is 48.7 Å². The molecule has 2 amide bonds. The highest BCUT2D eigenvalue weighted by molar-refractivity contribution is 6.05. The Morgan fingerprint density at radius 3 is 2.26 bits per heavy atom. The minimum Gasteiger partial charge on any atom is -0.494 e. The summed E-state index contributed by atoms with van der Waals surface area (Å²) < 4.78 is 5.72. The number of carbonyl (C=O) groups is 2. The first-order chi connectivity index (χ1) is 12.8. The predicted molar refractivity (Wildman–Crippen MR) is 109 cm³/mol. The summed E-state index contributed by atoms with van der Waals surface area (Å²) in [6, 6.07) is 14.2. The van der Waals surface area contributed by atoms with Crippen molar-refractivity contribution in [2.24, 2.45) is 11.8 Å². The second-order valence-electron chi connectivity index (χ2n) is 7.24. The Hall–Kier alpha value is -2.82. The van der Waals surface area contributed by atoms with Crippen molar-refractivity contribution in [2.45, 2.75) is 34.1 Å². The van der Waals surface area contributed by atoms with Gasteiger partial charge in [0.25, 0.3) is 5.91 Å². The van der Waals surface area contributed by atoms with Crippen LogP contribution in [0.25, 0.3) is 0 Å². The average Bonchev–Trinajstić information content (AvgIpc) is 2.62. The fourth-order valence-electron chi connectivity index (χ4n) is 2.30. The van der Waals surface area contributed by atoms with E-state index in [4.69, 9.17) is 4.74 Å². The lowest BCUT2D eigenvalue weighted by Crippen LogP contribution is -2.18. The molecule has 0 saturated carbocycles. The Morgan fingerprint density at radius 1 is 0.926 bits per heavy atom. The average molecular weight is 368 g/mol. The molecule has 0 atom stereocenters. The highest BCUT2D eigenvalue weighted by Crippen LogP contribution is 2.19. The molecule has 5 nitrogen and oxygen atoms in total. The van der Waals surface area contributed by atoms with Crippen LogP contribution in [0.5, 0.6) is 5.75 Å². The van der Waals surface area contributed by atoms with Gasteiger partial charge in [0.05, 0.1) is 6.61 Å². The quantitative estimate of drug-likeness (QED) is 0.692. The molecule has 0 heterocycles. The number of hydrogen-bond acceptors (Lipinski definition) is 3. The van der Waals surface area contributed by atoms with E-state index in [1.807, 2.05) is 19.9 Å². The molecule has 0 saturated heterocycles. The van der Waals surface area contributed by atoms with Crippen molar-refractivity contribution in [3.8, 4) is 5.75 Å². The zero-order valence-electron chi connectivity index (χ0n) is 16.4. The van der Waals surface area contributed by atoms with Crippen molar-refractivity contribution >= 4 is 23.2 Å². The van der Waals surface area contributed by atoms with E-state index in [0.717, 1.165) is 6.42 Å². The van der Waals surface area contributed by atoms with Gasteiger partial charge >= 0.3 is 0 Å². The van der Waals surface area contributed by atoms with Crippen LogP contribution in [0.1, 0.15) is 44.5 Å². The van der Waals surface area contributed by atoms with E-state index in [9.17, 15) is 9.59 Å². The first-order valence-electron chi connectivity index (χ1n) is 9.30. The van der Waals surface area contributed by atoms with Crippen molar-refractivity contribution < 1.29 is 14.3 Å². The van der Waals surface area contributed by atoms with E-state index in [2.05, 4.69) is 24.5 Å². The lowest BCUT2D eigenvalue weighted by Gasteiger charge is -2.11. The van der Waals surface area contributed by atoms with E-state index >= 15 is 0 Å². The predicted octanol–water partition coefficient (Wildman–Crippen LogP) is 4.96. The first kappa shape index (κ1) is 20.5. The molecular weight excluding hydrogens is 340 g/mol. The Morgan fingerprint density at radius 2 is 1.59 bits per heavy atom. The van der Waals surface area contributed by atoms with Crippen LogP contribution in [0.3, 0.4) is 0 Å². The van der Waals surface area contributed by atoms with Crippen molar-refractivity contribution in [3.63, 3.8) is 0 Å². The van der Waals surface area contributed by atoms with Crippen LogP contribution in [0, 0.1) is 11.8 Å². The summed E-state index contributed by atoms with van der Waals surface area (Å²) in [5.74, 6) is 0.851. The van der Waals surface area contributed by atoms with Gasteiger partial charge in [0.2, 0.25) is 5.91 Å². The molecule has 2 aromatic rings. The molecule has 0 aromatic heterocycles. The van der Waals surface area contributed by atoms with Gasteiger partial charge in [0.15, 0.2) is 0 Å². The summed E-state index contributed by atoms with van der Waals surface area (Å²) >= 11 is 0. The van der Waals surface area contributed by atoms with Gasteiger partial charge in [-0.15, -0.1) is 0 Å². The SMILES string of the molecule is CC(C)CCOc1cccc(C(=O)Nc2cccc(NC(=O)C(C)C)c2)c1. The summed E-state index contributed by atoms with van der Waals surface area (Å²) in [5.41, 5.74) is 1.79. The highest BCUT2D eigenvalue weighted by atomic mass is 16.5. The van der Waals surface area contributed by atoms with Crippen LogP contribution >= 0.6 is 0 Å². The molecule has 0 unspecified atom stereocenters. The lowest BCUT2D eigenvalue weighted by atomic mass is 10.1. The molecular formula is C22H28N2O3. The smallest absolute Gasteiger partial charge is 0.255 e. The van der Waals surface area contributed by atoms with E-state index < -0.39 is 0 Å². The highest BCUT2D eigenvalue weighted by Gasteiger charge is 2.10. The topological polar surface area (TPSA) is 67.4 Å². The summed E-state index contributed by atoms with van der Waals surface area (Å²) in [7, 11) is 0. The Kier molecular flexibility index (Phi) is 7.41. The number of benzene rings is 2. The standard InChI is InChI=1S/C22H28N2O3/c1-15(2)11-12-27-20-10-5-7-17(13-20)22(26)24-19-9-6-8-18(14-19)23-21(25)16(3)4/h5-10,13-16H,11-12H2,1-4H3,(H,23,25)(H,24,26). The summed E-state index contributed by atoms with van der Waals surface area (Å²) in [4.78, 5) is 24.4. The Bertz CT molecular complexity index is 785. The van der Waals surface area contributed by atoms with Gasteiger partial charge in [-0.3, -0.25) is 9.59 Å². The minimum absolute atomic E-state index is 0.0651. The molecule has 2 rings (SSSR count). The maximum atomic E-state index is 12.5. The largest absolute Gasteiger partial charge is 0.494 e. The second-order valence-corrected chi connectivity index (χ2v) is 7.24. The molecule has 0 spiro atoms. The molecule has 0 aliphatic carbocycles. The fourth-order valence-corrected chi connectivity index (χ4v) is 2.30. The fraction of sp³-hybridized carbons (Fsp3) is 0.364. The van der Waals surface area contributed by atoms with Crippen molar-refractivity contribution in [3.05, 3.63) is 54.1 Å². The number of carbonyl (C=O) groups excluding carboxylic acids is 2. The number of ether oxygens (including phenoxy) is 1. The van der Waals surface area contributed by atoms with Gasteiger partial charge in [0.1, 0.15) is 5.75 Å². The second kappa shape index (κ2) is 9.76. The van der Waals surface area contributed by atoms with Gasteiger partial charge in [-0.25, -0.2) is 0 Å². The third kappa shape index (κ3) is 6.77. The third-order valence-electron chi connectivity index (χ3n) is 3.97. The molecule has 27 heavy (non-hydrogen) atoms. The number of rotatable bonds is 8. The van der Waals surface area contributed by atoms with Crippen LogP contribution in [-0.4, -0.2) is 18.4 Å². The van der Waals surface area contributed by atoms with Gasteiger partial charge in [0, 0.05) is 22.9 Å². The van der Waals surface area contributed by atoms with Crippen molar-refractivity contribution in [1.82, 2.24) is 0 Å². The monoisotopic (exact) mass is 368 g/mol. The molecule has 144 valence electrons. The van der Waals surface area contributed by atoms with Gasteiger partial charge in [-0.1, -0.05) is 39.8 Å². The molecule has 0 bridgehead atoms.